The maximum Gasteiger partial charge on any atom is 0.157 e. The second kappa shape index (κ2) is 9.03. The van der Waals surface area contributed by atoms with Crippen LogP contribution in [0.4, 0.5) is 10.2 Å². The Labute approximate surface area is 192 Å². The Morgan fingerprint density at radius 3 is 2.62 bits per heavy atom. The van der Waals surface area contributed by atoms with E-state index in [1.807, 2.05) is 16.7 Å². The summed E-state index contributed by atoms with van der Waals surface area (Å²) >= 11 is 6.58. The molecule has 0 aliphatic heterocycles. The number of fused-ring (bicyclic) bond motifs is 2. The summed E-state index contributed by atoms with van der Waals surface area (Å²) in [6, 6.07) is 4.70. The van der Waals surface area contributed by atoms with Crippen LogP contribution in [0.2, 0.25) is 29.2 Å². The van der Waals surface area contributed by atoms with Crippen LogP contribution in [0.1, 0.15) is 26.3 Å². The molecule has 0 aliphatic rings. The molecule has 0 atom stereocenters. The zero-order chi connectivity index (χ0) is 22.9. The molecule has 9 heteroatoms. The molecule has 0 spiro atoms. The number of imidazole rings is 1. The van der Waals surface area contributed by atoms with Crippen molar-refractivity contribution in [3.05, 3.63) is 47.3 Å². The van der Waals surface area contributed by atoms with E-state index < -0.39 is 13.9 Å². The van der Waals surface area contributed by atoms with Crippen molar-refractivity contribution in [1.29, 1.82) is 0 Å². The first-order valence-corrected chi connectivity index (χ1v) is 14.2. The fourth-order valence-electron chi connectivity index (χ4n) is 4.30. The highest BCUT2D eigenvalue weighted by molar-refractivity contribution is 6.80. The number of anilines is 1. The van der Waals surface area contributed by atoms with Gasteiger partial charge in [0.25, 0.3) is 0 Å². The lowest BCUT2D eigenvalue weighted by Crippen LogP contribution is -2.29. The van der Waals surface area contributed by atoms with Gasteiger partial charge in [0.2, 0.25) is 0 Å². The Balaban J connectivity index is 1.80. The highest BCUT2D eigenvalue weighted by atomic mass is 35.5. The molecule has 1 aromatic carbocycles. The normalized spacial score (nSPS) is 12.4. The number of halogens is 2. The minimum Gasteiger partial charge on any atom is -0.372 e. The SMILES string of the molecule is CC[Si](CC)(CC)C/C=C/c1c(F)c(Cl)c(-c2cn3cc(NC)nc3cn2)c2cn[nH]c12. The molecule has 0 radical (unpaired) electrons. The standard InChI is InChI=1S/C23H28ClFN6Si/c1-5-32(6-2,7-3)10-8-9-15-22(25)21(24)20(16-11-28-30-23(15)16)17-13-31-14-18(26-4)29-19(31)12-27-17/h8-9,11-14,26H,5-7,10H2,1-4H3,(H,28,30)/b9-8+. The van der Waals surface area contributed by atoms with Crippen LogP contribution in [0.15, 0.2) is 30.9 Å². The minimum atomic E-state index is -1.34. The van der Waals surface area contributed by atoms with Gasteiger partial charge in [0.15, 0.2) is 11.5 Å². The molecule has 0 bridgehead atoms. The van der Waals surface area contributed by atoms with Gasteiger partial charge in [0.1, 0.15) is 5.82 Å². The van der Waals surface area contributed by atoms with Crippen LogP contribution >= 0.6 is 11.6 Å². The Morgan fingerprint density at radius 1 is 1.19 bits per heavy atom. The molecule has 4 rings (SSSR count). The summed E-state index contributed by atoms with van der Waals surface area (Å²) in [5.74, 6) is 0.260. The average molecular weight is 471 g/mol. The molecule has 0 saturated heterocycles. The third kappa shape index (κ3) is 3.82. The van der Waals surface area contributed by atoms with Crippen LogP contribution in [0.5, 0.6) is 0 Å². The number of benzene rings is 1. The second-order valence-corrected chi connectivity index (χ2v) is 14.1. The van der Waals surface area contributed by atoms with Crippen molar-refractivity contribution in [2.45, 2.75) is 44.9 Å². The molecule has 3 aromatic heterocycles. The fourth-order valence-corrected chi connectivity index (χ4v) is 7.59. The first-order valence-electron chi connectivity index (χ1n) is 11.0. The number of aromatic amines is 1. The summed E-state index contributed by atoms with van der Waals surface area (Å²) < 4.78 is 17.4. The van der Waals surface area contributed by atoms with Crippen LogP contribution < -0.4 is 5.32 Å². The van der Waals surface area contributed by atoms with Gasteiger partial charge < -0.3 is 9.72 Å². The summed E-state index contributed by atoms with van der Waals surface area (Å²) in [5.41, 5.74) is 2.83. The predicted molar refractivity (Wildman–Crippen MR) is 134 cm³/mol. The van der Waals surface area contributed by atoms with Gasteiger partial charge in [0.05, 0.1) is 42.9 Å². The summed E-state index contributed by atoms with van der Waals surface area (Å²) in [5, 5.41) is 10.9. The van der Waals surface area contributed by atoms with Crippen molar-refractivity contribution in [2.75, 3.05) is 12.4 Å². The third-order valence-electron chi connectivity index (χ3n) is 6.77. The first-order chi connectivity index (χ1) is 15.5. The predicted octanol–water partition coefficient (Wildman–Crippen LogP) is 6.63. The lowest BCUT2D eigenvalue weighted by Gasteiger charge is -2.26. The number of aromatic nitrogens is 5. The van der Waals surface area contributed by atoms with E-state index in [4.69, 9.17) is 11.6 Å². The van der Waals surface area contributed by atoms with Crippen LogP contribution in [0.25, 0.3) is 33.9 Å². The number of rotatable bonds is 8. The van der Waals surface area contributed by atoms with Gasteiger partial charge in [-0.3, -0.25) is 10.1 Å². The Kier molecular flexibility index (Phi) is 6.35. The Morgan fingerprint density at radius 2 is 1.94 bits per heavy atom. The highest BCUT2D eigenvalue weighted by Gasteiger charge is 2.25. The van der Waals surface area contributed by atoms with E-state index in [0.29, 0.717) is 28.0 Å². The molecule has 0 aliphatic carbocycles. The summed E-state index contributed by atoms with van der Waals surface area (Å²) in [4.78, 5) is 8.90. The molecule has 4 aromatic rings. The van der Waals surface area contributed by atoms with E-state index in [0.717, 1.165) is 17.2 Å². The summed E-state index contributed by atoms with van der Waals surface area (Å²) in [7, 11) is 0.467. The number of H-pyrrole nitrogens is 1. The zero-order valence-corrected chi connectivity index (χ0v) is 20.6. The largest absolute Gasteiger partial charge is 0.372 e. The van der Waals surface area contributed by atoms with E-state index in [1.165, 1.54) is 18.1 Å². The maximum atomic E-state index is 15.5. The molecule has 168 valence electrons. The van der Waals surface area contributed by atoms with Crippen molar-refractivity contribution in [3.63, 3.8) is 0 Å². The van der Waals surface area contributed by atoms with Gasteiger partial charge in [-0.2, -0.15) is 5.10 Å². The Hall–Kier alpha value is -2.71. The molecule has 32 heavy (non-hydrogen) atoms. The highest BCUT2D eigenvalue weighted by Crippen LogP contribution is 2.39. The fraction of sp³-hybridized carbons (Fsp3) is 0.348. The number of allylic oxidation sites excluding steroid dienone is 1. The molecule has 0 unspecified atom stereocenters. The lowest BCUT2D eigenvalue weighted by molar-refractivity contribution is 0.627. The van der Waals surface area contributed by atoms with Crippen LogP contribution in [0, 0.1) is 5.82 Å². The number of nitrogens with one attached hydrogen (secondary N) is 2. The number of hydrogen-bond acceptors (Lipinski definition) is 4. The van der Waals surface area contributed by atoms with Crippen LogP contribution in [-0.4, -0.2) is 39.7 Å². The van der Waals surface area contributed by atoms with Gasteiger partial charge >= 0.3 is 0 Å². The monoisotopic (exact) mass is 470 g/mol. The maximum absolute atomic E-state index is 15.5. The van der Waals surface area contributed by atoms with E-state index in [2.05, 4.69) is 52.3 Å². The molecule has 6 nitrogen and oxygen atoms in total. The van der Waals surface area contributed by atoms with Crippen molar-refractivity contribution in [1.82, 2.24) is 24.6 Å². The molecular formula is C23H28ClFN6Si. The Bertz CT molecular complexity index is 1280. The quantitative estimate of drug-likeness (QED) is 0.283. The van der Waals surface area contributed by atoms with E-state index in [-0.39, 0.29) is 5.02 Å². The van der Waals surface area contributed by atoms with Gasteiger partial charge in [-0.15, -0.1) is 0 Å². The van der Waals surface area contributed by atoms with Gasteiger partial charge in [-0.05, 0) is 6.04 Å². The topological polar surface area (TPSA) is 70.9 Å². The molecule has 3 heterocycles. The number of nitrogens with zero attached hydrogens (tertiary/aromatic N) is 4. The van der Waals surface area contributed by atoms with Crippen molar-refractivity contribution in [2.24, 2.45) is 0 Å². The molecular weight excluding hydrogens is 443 g/mol. The van der Waals surface area contributed by atoms with Gasteiger partial charge in [-0.1, -0.05) is 62.7 Å². The number of hydrogen-bond donors (Lipinski definition) is 2. The molecule has 0 fully saturated rings. The van der Waals surface area contributed by atoms with Crippen molar-refractivity contribution >= 4 is 48.1 Å². The van der Waals surface area contributed by atoms with Crippen LogP contribution in [-0.2, 0) is 0 Å². The lowest BCUT2D eigenvalue weighted by atomic mass is 10.0. The average Bonchev–Trinajstić information content (AvgIpc) is 3.46. The third-order valence-corrected chi connectivity index (χ3v) is 12.7. The summed E-state index contributed by atoms with van der Waals surface area (Å²) in [6.45, 7) is 6.82. The minimum absolute atomic E-state index is 0.0457. The van der Waals surface area contributed by atoms with Crippen LogP contribution in [0.3, 0.4) is 0 Å². The van der Waals surface area contributed by atoms with E-state index in [1.54, 1.807) is 25.6 Å². The van der Waals surface area contributed by atoms with Gasteiger partial charge in [0, 0.05) is 29.8 Å². The van der Waals surface area contributed by atoms with E-state index >= 15 is 4.39 Å². The summed E-state index contributed by atoms with van der Waals surface area (Å²) in [6.07, 6.45) is 10.9. The second-order valence-electron chi connectivity index (χ2n) is 8.16. The molecule has 2 N–H and O–H groups in total. The van der Waals surface area contributed by atoms with E-state index in [9.17, 15) is 0 Å². The van der Waals surface area contributed by atoms with Crippen molar-refractivity contribution < 1.29 is 4.39 Å². The van der Waals surface area contributed by atoms with Crippen molar-refractivity contribution in [3.8, 4) is 11.3 Å². The zero-order valence-electron chi connectivity index (χ0n) is 18.8. The van der Waals surface area contributed by atoms with Gasteiger partial charge in [-0.25, -0.2) is 9.37 Å². The molecule has 0 amide bonds. The smallest absolute Gasteiger partial charge is 0.157 e. The first kappa shape index (κ1) is 22.5. The molecule has 0 saturated carbocycles.